The van der Waals surface area contributed by atoms with Gasteiger partial charge >= 0.3 is 5.97 Å². The number of rotatable bonds is 5. The van der Waals surface area contributed by atoms with E-state index < -0.39 is 0 Å². The van der Waals surface area contributed by atoms with Crippen molar-refractivity contribution in [3.05, 3.63) is 0 Å². The van der Waals surface area contributed by atoms with Crippen molar-refractivity contribution >= 4 is 5.97 Å². The van der Waals surface area contributed by atoms with Crippen LogP contribution in [0.5, 0.6) is 0 Å². The van der Waals surface area contributed by atoms with E-state index in [9.17, 15) is 4.79 Å². The van der Waals surface area contributed by atoms with Gasteiger partial charge in [0.05, 0.1) is 6.10 Å². The van der Waals surface area contributed by atoms with E-state index in [1.165, 1.54) is 0 Å². The monoisotopic (exact) mass is 229 g/mol. The molecule has 1 saturated heterocycles. The zero-order chi connectivity index (χ0) is 12.0. The smallest absolute Gasteiger partial charge is 0.305 e. The van der Waals surface area contributed by atoms with Gasteiger partial charge in [-0.05, 0) is 39.5 Å². The van der Waals surface area contributed by atoms with Crippen LogP contribution in [0.1, 0.15) is 46.0 Å². The summed E-state index contributed by atoms with van der Waals surface area (Å²) < 4.78 is 10.6. The lowest BCUT2D eigenvalue weighted by molar-refractivity contribution is -0.149. The van der Waals surface area contributed by atoms with E-state index in [4.69, 9.17) is 15.2 Å². The van der Waals surface area contributed by atoms with Gasteiger partial charge in [0.15, 0.2) is 0 Å². The second-order valence-electron chi connectivity index (χ2n) is 5.16. The normalized spacial score (nSPS) is 21.8. The molecule has 0 aromatic carbocycles. The number of carbonyl (C=O) groups excluding carboxylic acids is 1. The van der Waals surface area contributed by atoms with E-state index in [1.807, 2.05) is 13.8 Å². The Morgan fingerprint density at radius 2 is 2.25 bits per heavy atom. The molecule has 2 N–H and O–H groups in total. The zero-order valence-electron chi connectivity index (χ0n) is 10.3. The Labute approximate surface area is 97.5 Å². The van der Waals surface area contributed by atoms with Gasteiger partial charge in [-0.25, -0.2) is 0 Å². The Balaban J connectivity index is 2.09. The van der Waals surface area contributed by atoms with Crippen LogP contribution in [0.3, 0.4) is 0 Å². The van der Waals surface area contributed by atoms with Crippen molar-refractivity contribution in [3.8, 4) is 0 Å². The lowest BCUT2D eigenvalue weighted by atomic mass is 10.0. The van der Waals surface area contributed by atoms with Gasteiger partial charge in [-0.15, -0.1) is 0 Å². The maximum atomic E-state index is 11.4. The van der Waals surface area contributed by atoms with Crippen LogP contribution in [-0.4, -0.2) is 30.8 Å². The number of esters is 1. The minimum atomic E-state index is -0.305. The average molecular weight is 229 g/mol. The topological polar surface area (TPSA) is 61.6 Å². The largest absolute Gasteiger partial charge is 0.463 e. The Bertz CT molecular complexity index is 217. The molecule has 1 unspecified atom stereocenters. The first-order valence-electron chi connectivity index (χ1n) is 6.03. The van der Waals surface area contributed by atoms with E-state index in [0.29, 0.717) is 19.4 Å². The highest BCUT2D eigenvalue weighted by atomic mass is 16.6. The van der Waals surface area contributed by atoms with E-state index in [2.05, 4.69) is 0 Å². The SMILES string of the molecule is CC(C)(N)CCC(=O)OCC1CCCCO1. The Hall–Kier alpha value is -0.610. The van der Waals surface area contributed by atoms with Crippen molar-refractivity contribution in [1.29, 1.82) is 0 Å². The van der Waals surface area contributed by atoms with Crippen LogP contribution in [0.15, 0.2) is 0 Å². The van der Waals surface area contributed by atoms with E-state index >= 15 is 0 Å². The van der Waals surface area contributed by atoms with Crippen molar-refractivity contribution in [3.63, 3.8) is 0 Å². The molecule has 0 aromatic rings. The molecule has 0 saturated carbocycles. The number of hydrogen-bond donors (Lipinski definition) is 1. The maximum absolute atomic E-state index is 11.4. The van der Waals surface area contributed by atoms with Gasteiger partial charge < -0.3 is 15.2 Å². The second kappa shape index (κ2) is 6.21. The average Bonchev–Trinajstić information content (AvgIpc) is 2.24. The van der Waals surface area contributed by atoms with Gasteiger partial charge in [0, 0.05) is 18.6 Å². The highest BCUT2D eigenvalue weighted by molar-refractivity contribution is 5.69. The minimum Gasteiger partial charge on any atom is -0.463 e. The predicted molar refractivity (Wildman–Crippen MR) is 62.1 cm³/mol. The molecule has 4 nitrogen and oxygen atoms in total. The van der Waals surface area contributed by atoms with Crippen LogP contribution in [-0.2, 0) is 14.3 Å². The third-order valence-electron chi connectivity index (χ3n) is 2.68. The van der Waals surface area contributed by atoms with Crippen molar-refractivity contribution in [2.75, 3.05) is 13.2 Å². The Morgan fingerprint density at radius 1 is 1.50 bits per heavy atom. The molecule has 0 amide bonds. The molecule has 4 heteroatoms. The van der Waals surface area contributed by atoms with Crippen LogP contribution in [0.4, 0.5) is 0 Å². The quantitative estimate of drug-likeness (QED) is 0.728. The van der Waals surface area contributed by atoms with Crippen LogP contribution in [0, 0.1) is 0 Å². The van der Waals surface area contributed by atoms with Crippen molar-refractivity contribution in [1.82, 2.24) is 0 Å². The lowest BCUT2D eigenvalue weighted by Crippen LogP contribution is -2.33. The molecular formula is C12H23NO3. The molecule has 0 aliphatic carbocycles. The molecule has 1 atom stereocenters. The Kier molecular flexibility index (Phi) is 5.22. The molecule has 1 heterocycles. The van der Waals surface area contributed by atoms with E-state index in [0.717, 1.165) is 25.9 Å². The molecule has 16 heavy (non-hydrogen) atoms. The first-order valence-corrected chi connectivity index (χ1v) is 6.03. The highest BCUT2D eigenvalue weighted by Crippen LogP contribution is 2.13. The van der Waals surface area contributed by atoms with Gasteiger partial charge in [0.2, 0.25) is 0 Å². The highest BCUT2D eigenvalue weighted by Gasteiger charge is 2.17. The molecule has 1 rings (SSSR count). The standard InChI is InChI=1S/C12H23NO3/c1-12(2,13)7-6-11(14)16-9-10-5-3-4-8-15-10/h10H,3-9,13H2,1-2H3. The van der Waals surface area contributed by atoms with Gasteiger partial charge in [0.25, 0.3) is 0 Å². The number of carbonyl (C=O) groups is 1. The second-order valence-corrected chi connectivity index (χ2v) is 5.16. The van der Waals surface area contributed by atoms with Gasteiger partial charge in [-0.3, -0.25) is 4.79 Å². The molecule has 94 valence electrons. The summed E-state index contributed by atoms with van der Waals surface area (Å²) in [7, 11) is 0. The molecule has 1 aliphatic rings. The first-order chi connectivity index (χ1) is 7.47. The van der Waals surface area contributed by atoms with E-state index in [-0.39, 0.29) is 17.6 Å². The molecule has 0 aromatic heterocycles. The van der Waals surface area contributed by atoms with Crippen molar-refractivity contribution in [2.45, 2.75) is 57.6 Å². The number of ether oxygens (including phenoxy) is 2. The summed E-state index contributed by atoms with van der Waals surface area (Å²) >= 11 is 0. The summed E-state index contributed by atoms with van der Waals surface area (Å²) in [6.45, 7) is 5.00. The summed E-state index contributed by atoms with van der Waals surface area (Å²) in [6, 6.07) is 0. The van der Waals surface area contributed by atoms with Crippen LogP contribution < -0.4 is 5.73 Å². The number of hydrogen-bond acceptors (Lipinski definition) is 4. The van der Waals surface area contributed by atoms with Crippen molar-refractivity contribution in [2.24, 2.45) is 5.73 Å². The fourth-order valence-electron chi connectivity index (χ4n) is 1.62. The summed E-state index contributed by atoms with van der Waals surface area (Å²) in [5, 5.41) is 0. The fraction of sp³-hybridized carbons (Fsp3) is 0.917. The van der Waals surface area contributed by atoms with Crippen LogP contribution in [0.2, 0.25) is 0 Å². The van der Waals surface area contributed by atoms with Crippen LogP contribution >= 0.6 is 0 Å². The maximum Gasteiger partial charge on any atom is 0.305 e. The predicted octanol–water partition coefficient (Wildman–Crippen LogP) is 1.62. The summed E-state index contributed by atoms with van der Waals surface area (Å²) in [5.74, 6) is -0.173. The molecule has 0 bridgehead atoms. The summed E-state index contributed by atoms with van der Waals surface area (Å²) in [6.07, 6.45) is 4.41. The van der Waals surface area contributed by atoms with Crippen LogP contribution in [0.25, 0.3) is 0 Å². The summed E-state index contributed by atoms with van der Waals surface area (Å²) in [4.78, 5) is 11.4. The van der Waals surface area contributed by atoms with Gasteiger partial charge in [-0.2, -0.15) is 0 Å². The van der Waals surface area contributed by atoms with Gasteiger partial charge in [0.1, 0.15) is 6.61 Å². The lowest BCUT2D eigenvalue weighted by Gasteiger charge is -2.22. The fourth-order valence-corrected chi connectivity index (χ4v) is 1.62. The minimum absolute atomic E-state index is 0.101. The zero-order valence-corrected chi connectivity index (χ0v) is 10.3. The third-order valence-corrected chi connectivity index (χ3v) is 2.68. The molecule has 0 radical (unpaired) electrons. The third kappa shape index (κ3) is 6.08. The molecular weight excluding hydrogens is 206 g/mol. The number of nitrogens with two attached hydrogens (primary N) is 1. The van der Waals surface area contributed by atoms with Crippen molar-refractivity contribution < 1.29 is 14.3 Å². The molecule has 0 spiro atoms. The molecule has 1 fully saturated rings. The summed E-state index contributed by atoms with van der Waals surface area (Å²) in [5.41, 5.74) is 5.49. The Morgan fingerprint density at radius 3 is 2.81 bits per heavy atom. The van der Waals surface area contributed by atoms with Gasteiger partial charge in [-0.1, -0.05) is 0 Å². The molecule has 1 aliphatic heterocycles. The first kappa shape index (κ1) is 13.5. The van der Waals surface area contributed by atoms with E-state index in [1.54, 1.807) is 0 Å².